The fourth-order valence-corrected chi connectivity index (χ4v) is 2.35. The SMILES string of the molecule is COc1cc(=O)c(C(=O)Nc2ccc(C#N)cc2)nn1-c1cccc(F)c1. The van der Waals surface area contributed by atoms with E-state index in [0.717, 1.165) is 10.7 Å². The number of nitriles is 1. The highest BCUT2D eigenvalue weighted by Crippen LogP contribution is 2.16. The van der Waals surface area contributed by atoms with Gasteiger partial charge in [-0.3, -0.25) is 9.59 Å². The van der Waals surface area contributed by atoms with Crippen molar-refractivity contribution in [3.63, 3.8) is 0 Å². The number of carbonyl (C=O) groups excluding carboxylic acids is 1. The predicted molar refractivity (Wildman–Crippen MR) is 95.5 cm³/mol. The Labute approximate surface area is 153 Å². The third kappa shape index (κ3) is 3.82. The number of methoxy groups -OCH3 is 1. The summed E-state index contributed by atoms with van der Waals surface area (Å²) in [5.41, 5.74) is 0.0895. The smallest absolute Gasteiger partial charge is 0.280 e. The molecule has 0 bridgehead atoms. The van der Waals surface area contributed by atoms with Crippen LogP contribution in [0.1, 0.15) is 16.1 Å². The first kappa shape index (κ1) is 17.8. The third-order valence-corrected chi connectivity index (χ3v) is 3.65. The molecule has 0 unspecified atom stereocenters. The Morgan fingerprint density at radius 1 is 1.22 bits per heavy atom. The van der Waals surface area contributed by atoms with Gasteiger partial charge in [0, 0.05) is 5.69 Å². The van der Waals surface area contributed by atoms with Gasteiger partial charge in [-0.25, -0.2) is 9.07 Å². The van der Waals surface area contributed by atoms with Gasteiger partial charge in [-0.15, -0.1) is 0 Å². The molecule has 7 nitrogen and oxygen atoms in total. The number of anilines is 1. The summed E-state index contributed by atoms with van der Waals surface area (Å²) >= 11 is 0. The van der Waals surface area contributed by atoms with E-state index in [0.29, 0.717) is 16.9 Å². The molecule has 1 N–H and O–H groups in total. The highest BCUT2D eigenvalue weighted by molar-refractivity contribution is 6.02. The molecule has 1 amide bonds. The number of aromatic nitrogens is 2. The van der Waals surface area contributed by atoms with Crippen molar-refractivity contribution in [2.75, 3.05) is 12.4 Å². The Kier molecular flexibility index (Phi) is 4.95. The number of nitrogens with one attached hydrogen (secondary N) is 1. The van der Waals surface area contributed by atoms with Gasteiger partial charge < -0.3 is 10.1 Å². The molecular formula is C19H13FN4O3. The summed E-state index contributed by atoms with van der Waals surface area (Å²) in [5, 5.41) is 15.4. The van der Waals surface area contributed by atoms with E-state index in [2.05, 4.69) is 10.4 Å². The summed E-state index contributed by atoms with van der Waals surface area (Å²) in [6, 6.07) is 14.7. The summed E-state index contributed by atoms with van der Waals surface area (Å²) in [6.07, 6.45) is 0. The number of hydrogen-bond acceptors (Lipinski definition) is 5. The molecular weight excluding hydrogens is 351 g/mol. The molecule has 0 aliphatic heterocycles. The number of ether oxygens (including phenoxy) is 1. The van der Waals surface area contributed by atoms with E-state index in [1.807, 2.05) is 6.07 Å². The molecule has 0 saturated heterocycles. The molecule has 0 spiro atoms. The first-order valence-electron chi connectivity index (χ1n) is 7.77. The van der Waals surface area contributed by atoms with E-state index < -0.39 is 17.2 Å². The zero-order valence-electron chi connectivity index (χ0n) is 14.1. The fraction of sp³-hybridized carbons (Fsp3) is 0.0526. The van der Waals surface area contributed by atoms with Crippen LogP contribution in [0.5, 0.6) is 5.88 Å². The molecule has 0 saturated carbocycles. The van der Waals surface area contributed by atoms with E-state index in [4.69, 9.17) is 10.00 Å². The van der Waals surface area contributed by atoms with Crippen molar-refractivity contribution in [2.24, 2.45) is 0 Å². The lowest BCUT2D eigenvalue weighted by molar-refractivity contribution is 0.101. The number of halogens is 1. The van der Waals surface area contributed by atoms with E-state index in [1.165, 1.54) is 49.6 Å². The Bertz CT molecular complexity index is 1100. The van der Waals surface area contributed by atoms with E-state index in [1.54, 1.807) is 6.07 Å². The van der Waals surface area contributed by atoms with Crippen LogP contribution in [0.4, 0.5) is 10.1 Å². The van der Waals surface area contributed by atoms with Gasteiger partial charge in [0.25, 0.3) is 5.91 Å². The largest absolute Gasteiger partial charge is 0.481 e. The zero-order chi connectivity index (χ0) is 19.4. The average Bonchev–Trinajstić information content (AvgIpc) is 2.68. The molecule has 0 atom stereocenters. The molecule has 0 radical (unpaired) electrons. The van der Waals surface area contributed by atoms with Crippen LogP contribution < -0.4 is 15.5 Å². The Balaban J connectivity index is 1.99. The van der Waals surface area contributed by atoms with Gasteiger partial charge in [-0.05, 0) is 42.5 Å². The minimum atomic E-state index is -0.738. The van der Waals surface area contributed by atoms with Crippen LogP contribution in [0, 0.1) is 17.1 Å². The summed E-state index contributed by atoms with van der Waals surface area (Å²) in [7, 11) is 1.34. The maximum Gasteiger partial charge on any atom is 0.280 e. The molecule has 1 aromatic heterocycles. The molecule has 3 aromatic rings. The number of amides is 1. The molecule has 2 aromatic carbocycles. The second-order valence-electron chi connectivity index (χ2n) is 5.43. The van der Waals surface area contributed by atoms with Gasteiger partial charge in [0.1, 0.15) is 5.82 Å². The number of rotatable bonds is 4. The summed E-state index contributed by atoms with van der Waals surface area (Å²) in [6.45, 7) is 0. The van der Waals surface area contributed by atoms with Gasteiger partial charge in [-0.1, -0.05) is 6.07 Å². The molecule has 0 fully saturated rings. The number of nitrogens with zero attached hydrogens (tertiary/aromatic N) is 3. The number of hydrogen-bond donors (Lipinski definition) is 1. The lowest BCUT2D eigenvalue weighted by Gasteiger charge is -2.12. The predicted octanol–water partition coefficient (Wildman–Crippen LogP) is 2.50. The van der Waals surface area contributed by atoms with Crippen LogP contribution in [-0.2, 0) is 0 Å². The molecule has 0 aliphatic carbocycles. The first-order chi connectivity index (χ1) is 13.0. The van der Waals surface area contributed by atoms with E-state index in [-0.39, 0.29) is 11.6 Å². The molecule has 0 aliphatic rings. The molecule has 27 heavy (non-hydrogen) atoms. The van der Waals surface area contributed by atoms with Gasteiger partial charge >= 0.3 is 0 Å². The molecule has 134 valence electrons. The first-order valence-corrected chi connectivity index (χ1v) is 7.77. The highest BCUT2D eigenvalue weighted by Gasteiger charge is 2.17. The average molecular weight is 364 g/mol. The van der Waals surface area contributed by atoms with Crippen molar-refractivity contribution in [2.45, 2.75) is 0 Å². The Morgan fingerprint density at radius 2 is 1.96 bits per heavy atom. The third-order valence-electron chi connectivity index (χ3n) is 3.65. The molecule has 3 rings (SSSR count). The zero-order valence-corrected chi connectivity index (χ0v) is 14.1. The van der Waals surface area contributed by atoms with Crippen LogP contribution in [-0.4, -0.2) is 22.8 Å². The minimum absolute atomic E-state index is 0.0560. The standard InChI is InChI=1S/C19H13FN4O3/c1-27-17-10-16(25)18(23-24(17)15-4-2-3-13(20)9-15)19(26)22-14-7-5-12(11-21)6-8-14/h2-10H,1H3,(H,22,26). The fourth-order valence-electron chi connectivity index (χ4n) is 2.35. The van der Waals surface area contributed by atoms with Gasteiger partial charge in [0.05, 0.1) is 30.5 Å². The number of carbonyl (C=O) groups is 1. The van der Waals surface area contributed by atoms with Crippen LogP contribution in [0.3, 0.4) is 0 Å². The van der Waals surface area contributed by atoms with Crippen LogP contribution in [0.15, 0.2) is 59.4 Å². The summed E-state index contributed by atoms with van der Waals surface area (Å²) < 4.78 is 19.8. The lowest BCUT2D eigenvalue weighted by atomic mass is 10.2. The quantitative estimate of drug-likeness (QED) is 0.767. The van der Waals surface area contributed by atoms with Gasteiger partial charge in [0.2, 0.25) is 11.3 Å². The summed E-state index contributed by atoms with van der Waals surface area (Å²) in [4.78, 5) is 24.7. The highest BCUT2D eigenvalue weighted by atomic mass is 19.1. The van der Waals surface area contributed by atoms with Crippen molar-refractivity contribution in [1.82, 2.24) is 9.78 Å². The topological polar surface area (TPSA) is 97.0 Å². The van der Waals surface area contributed by atoms with E-state index in [9.17, 15) is 14.0 Å². The monoisotopic (exact) mass is 364 g/mol. The van der Waals surface area contributed by atoms with Crippen molar-refractivity contribution >= 4 is 11.6 Å². The summed E-state index contributed by atoms with van der Waals surface area (Å²) in [5.74, 6) is -1.18. The van der Waals surface area contributed by atoms with Crippen molar-refractivity contribution in [3.8, 4) is 17.6 Å². The number of benzene rings is 2. The minimum Gasteiger partial charge on any atom is -0.481 e. The second-order valence-corrected chi connectivity index (χ2v) is 5.43. The van der Waals surface area contributed by atoms with Gasteiger partial charge in [-0.2, -0.15) is 10.4 Å². The molecule has 1 heterocycles. The van der Waals surface area contributed by atoms with Gasteiger partial charge in [0.15, 0.2) is 5.69 Å². The van der Waals surface area contributed by atoms with E-state index >= 15 is 0 Å². The van der Waals surface area contributed by atoms with Crippen LogP contribution >= 0.6 is 0 Å². The van der Waals surface area contributed by atoms with Crippen LogP contribution in [0.25, 0.3) is 5.69 Å². The lowest BCUT2D eigenvalue weighted by Crippen LogP contribution is -2.26. The normalized spacial score (nSPS) is 10.1. The van der Waals surface area contributed by atoms with Crippen molar-refractivity contribution in [1.29, 1.82) is 5.26 Å². The van der Waals surface area contributed by atoms with Crippen LogP contribution in [0.2, 0.25) is 0 Å². The Morgan fingerprint density at radius 3 is 2.59 bits per heavy atom. The second kappa shape index (κ2) is 7.49. The van der Waals surface area contributed by atoms with Crippen molar-refractivity contribution < 1.29 is 13.9 Å². The maximum atomic E-state index is 13.5. The Hall–Kier alpha value is -3.99. The molecule has 8 heteroatoms. The van der Waals surface area contributed by atoms with Crippen molar-refractivity contribution in [3.05, 3.63) is 81.9 Å². The maximum absolute atomic E-state index is 13.5.